The number of para-hydroxylation sites is 1. The van der Waals surface area contributed by atoms with Crippen LogP contribution < -0.4 is 5.32 Å². The van der Waals surface area contributed by atoms with Crippen molar-refractivity contribution in [2.75, 3.05) is 5.32 Å². The number of aromatic nitrogens is 5. The van der Waals surface area contributed by atoms with Crippen LogP contribution in [0.15, 0.2) is 85.1 Å². The molecule has 0 aliphatic heterocycles. The number of fused-ring (bicyclic) bond motifs is 4. The Labute approximate surface area is 210 Å². The lowest BCUT2D eigenvalue weighted by atomic mass is 9.84. The van der Waals surface area contributed by atoms with E-state index in [1.165, 1.54) is 0 Å². The number of nitrogens with one attached hydrogen (secondary N) is 1. The molecule has 0 spiro atoms. The van der Waals surface area contributed by atoms with E-state index in [1.54, 1.807) is 0 Å². The van der Waals surface area contributed by atoms with E-state index >= 15 is 0 Å². The maximum Gasteiger partial charge on any atom is 0.154 e. The molecular formula is C30H28N6. The van der Waals surface area contributed by atoms with Gasteiger partial charge in [-0.2, -0.15) is 5.10 Å². The van der Waals surface area contributed by atoms with Crippen molar-refractivity contribution in [3.8, 4) is 5.82 Å². The average molecular weight is 473 g/mol. The molecule has 0 bridgehead atoms. The van der Waals surface area contributed by atoms with Crippen LogP contribution in [-0.2, 0) is 5.41 Å². The van der Waals surface area contributed by atoms with Gasteiger partial charge in [0.15, 0.2) is 5.82 Å². The second-order valence-electron chi connectivity index (χ2n) is 9.99. The molecule has 1 N–H and O–H groups in total. The topological polar surface area (TPSA) is 68.5 Å². The molecule has 6 nitrogen and oxygen atoms in total. The van der Waals surface area contributed by atoms with Crippen molar-refractivity contribution in [1.29, 1.82) is 0 Å². The highest BCUT2D eigenvalue weighted by Gasteiger charge is 2.28. The van der Waals surface area contributed by atoms with Crippen molar-refractivity contribution in [2.24, 2.45) is 0 Å². The molecule has 36 heavy (non-hydrogen) atoms. The van der Waals surface area contributed by atoms with Crippen LogP contribution in [0.1, 0.15) is 39.1 Å². The average Bonchev–Trinajstić information content (AvgIpc) is 3.33. The zero-order chi connectivity index (χ0) is 24.9. The first-order chi connectivity index (χ1) is 17.4. The quantitative estimate of drug-likeness (QED) is 0.284. The van der Waals surface area contributed by atoms with Crippen LogP contribution in [-0.4, -0.2) is 30.8 Å². The summed E-state index contributed by atoms with van der Waals surface area (Å²) in [6, 6.07) is 27.0. The SMILES string of the molecule is CC(C)Nc1nc2ccc(C(C)(C)c3cccc(-n4ncc5ccccc54)n3)nc2c2ccccc12. The number of hydrogen-bond donors (Lipinski definition) is 1. The van der Waals surface area contributed by atoms with Gasteiger partial charge in [0.05, 0.1) is 34.1 Å². The molecule has 4 heterocycles. The highest BCUT2D eigenvalue weighted by molar-refractivity contribution is 6.08. The smallest absolute Gasteiger partial charge is 0.154 e. The van der Waals surface area contributed by atoms with E-state index in [0.717, 1.165) is 55.7 Å². The maximum atomic E-state index is 5.16. The summed E-state index contributed by atoms with van der Waals surface area (Å²) < 4.78 is 1.89. The van der Waals surface area contributed by atoms with Gasteiger partial charge in [0.1, 0.15) is 5.82 Å². The van der Waals surface area contributed by atoms with Gasteiger partial charge in [-0.1, -0.05) is 48.5 Å². The Hall–Kier alpha value is -4.32. The summed E-state index contributed by atoms with van der Waals surface area (Å²) in [7, 11) is 0. The van der Waals surface area contributed by atoms with Crippen molar-refractivity contribution < 1.29 is 0 Å². The van der Waals surface area contributed by atoms with Crippen LogP contribution in [0.5, 0.6) is 0 Å². The fraction of sp³-hybridized carbons (Fsp3) is 0.200. The minimum absolute atomic E-state index is 0.287. The third kappa shape index (κ3) is 3.66. The first-order valence-corrected chi connectivity index (χ1v) is 12.3. The molecule has 178 valence electrons. The minimum atomic E-state index is -0.427. The molecule has 0 saturated heterocycles. The standard InChI is InChI=1S/C30H28N6/c1-19(2)32-29-22-12-7-6-11-21(22)28-23(33-29)16-17-26(35-28)30(3,4)25-14-9-15-27(34-25)36-24-13-8-5-10-20(24)18-31-36/h5-19H,1-4H3,(H,32,33). The maximum absolute atomic E-state index is 5.16. The fourth-order valence-corrected chi connectivity index (χ4v) is 4.72. The number of hydrogen-bond acceptors (Lipinski definition) is 5. The largest absolute Gasteiger partial charge is 0.367 e. The summed E-state index contributed by atoms with van der Waals surface area (Å²) in [6.45, 7) is 8.58. The van der Waals surface area contributed by atoms with E-state index in [2.05, 4.69) is 86.6 Å². The Morgan fingerprint density at radius 3 is 2.33 bits per heavy atom. The van der Waals surface area contributed by atoms with Crippen LogP contribution >= 0.6 is 0 Å². The summed E-state index contributed by atoms with van der Waals surface area (Å²) in [6.07, 6.45) is 1.88. The molecule has 0 radical (unpaired) electrons. The number of anilines is 1. The van der Waals surface area contributed by atoms with Gasteiger partial charge >= 0.3 is 0 Å². The normalized spacial score (nSPS) is 12.1. The highest BCUT2D eigenvalue weighted by atomic mass is 15.3. The molecule has 0 fully saturated rings. The summed E-state index contributed by atoms with van der Waals surface area (Å²) in [4.78, 5) is 15.1. The number of rotatable bonds is 5. The van der Waals surface area contributed by atoms with E-state index in [1.807, 2.05) is 41.2 Å². The van der Waals surface area contributed by atoms with Gasteiger partial charge in [-0.05, 0) is 58.0 Å². The van der Waals surface area contributed by atoms with E-state index in [4.69, 9.17) is 15.0 Å². The van der Waals surface area contributed by atoms with E-state index in [9.17, 15) is 0 Å². The van der Waals surface area contributed by atoms with Gasteiger partial charge in [0.25, 0.3) is 0 Å². The van der Waals surface area contributed by atoms with E-state index in [0.29, 0.717) is 0 Å². The van der Waals surface area contributed by atoms with Gasteiger partial charge in [-0.3, -0.25) is 0 Å². The molecule has 4 aromatic heterocycles. The van der Waals surface area contributed by atoms with Crippen molar-refractivity contribution in [3.05, 3.63) is 96.4 Å². The van der Waals surface area contributed by atoms with Crippen LogP contribution in [0.25, 0.3) is 38.5 Å². The molecule has 2 aromatic carbocycles. The third-order valence-electron chi connectivity index (χ3n) is 6.68. The fourth-order valence-electron chi connectivity index (χ4n) is 4.72. The number of benzene rings is 2. The second kappa shape index (κ2) is 8.41. The molecule has 0 aliphatic rings. The molecule has 6 aromatic rings. The minimum Gasteiger partial charge on any atom is -0.367 e. The van der Waals surface area contributed by atoms with Crippen LogP contribution in [0.3, 0.4) is 0 Å². The molecule has 0 atom stereocenters. The first-order valence-electron chi connectivity index (χ1n) is 12.3. The lowest BCUT2D eigenvalue weighted by Gasteiger charge is -2.25. The number of nitrogens with zero attached hydrogens (tertiary/aromatic N) is 5. The van der Waals surface area contributed by atoms with Crippen molar-refractivity contribution in [3.63, 3.8) is 0 Å². The summed E-state index contributed by atoms with van der Waals surface area (Å²) in [5, 5.41) is 11.3. The van der Waals surface area contributed by atoms with Crippen molar-refractivity contribution in [2.45, 2.75) is 39.2 Å². The molecule has 0 saturated carbocycles. The van der Waals surface area contributed by atoms with Gasteiger partial charge in [0, 0.05) is 27.6 Å². The Kier molecular flexibility index (Phi) is 5.18. The van der Waals surface area contributed by atoms with Crippen molar-refractivity contribution >= 4 is 38.5 Å². The Bertz CT molecular complexity index is 1730. The van der Waals surface area contributed by atoms with Crippen LogP contribution in [0, 0.1) is 0 Å². The Morgan fingerprint density at radius 1 is 0.750 bits per heavy atom. The molecular weight excluding hydrogens is 444 g/mol. The number of pyridine rings is 3. The monoisotopic (exact) mass is 472 g/mol. The molecule has 6 heteroatoms. The zero-order valence-corrected chi connectivity index (χ0v) is 20.9. The van der Waals surface area contributed by atoms with Crippen LogP contribution in [0.2, 0.25) is 0 Å². The van der Waals surface area contributed by atoms with Gasteiger partial charge < -0.3 is 5.32 Å². The highest BCUT2D eigenvalue weighted by Crippen LogP contribution is 2.34. The first kappa shape index (κ1) is 22.2. The van der Waals surface area contributed by atoms with Crippen molar-refractivity contribution in [1.82, 2.24) is 24.7 Å². The summed E-state index contributed by atoms with van der Waals surface area (Å²) in [5.41, 5.74) is 4.26. The molecule has 0 unspecified atom stereocenters. The zero-order valence-electron chi connectivity index (χ0n) is 20.9. The second-order valence-corrected chi connectivity index (χ2v) is 9.99. The Balaban J connectivity index is 1.47. The summed E-state index contributed by atoms with van der Waals surface area (Å²) >= 11 is 0. The van der Waals surface area contributed by atoms with Gasteiger partial charge in [0.2, 0.25) is 0 Å². The van der Waals surface area contributed by atoms with E-state index < -0.39 is 5.41 Å². The molecule has 0 amide bonds. The van der Waals surface area contributed by atoms with Gasteiger partial charge in [-0.15, -0.1) is 0 Å². The Morgan fingerprint density at radius 2 is 1.50 bits per heavy atom. The van der Waals surface area contributed by atoms with Gasteiger partial charge in [-0.25, -0.2) is 19.6 Å². The van der Waals surface area contributed by atoms with Crippen LogP contribution in [0.4, 0.5) is 5.82 Å². The summed E-state index contributed by atoms with van der Waals surface area (Å²) in [5.74, 6) is 1.68. The molecule has 6 rings (SSSR count). The lowest BCUT2D eigenvalue weighted by Crippen LogP contribution is -2.23. The van der Waals surface area contributed by atoms with E-state index in [-0.39, 0.29) is 6.04 Å². The lowest BCUT2D eigenvalue weighted by molar-refractivity contribution is 0.595. The molecule has 0 aliphatic carbocycles. The third-order valence-corrected chi connectivity index (χ3v) is 6.68. The predicted octanol–water partition coefficient (Wildman–Crippen LogP) is 6.66. The predicted molar refractivity (Wildman–Crippen MR) is 147 cm³/mol.